The van der Waals surface area contributed by atoms with Gasteiger partial charge >= 0.3 is 0 Å². The zero-order valence-electron chi connectivity index (χ0n) is 12.1. The summed E-state index contributed by atoms with van der Waals surface area (Å²) in [5, 5.41) is 6.78. The van der Waals surface area contributed by atoms with E-state index in [9.17, 15) is 4.79 Å². The lowest BCUT2D eigenvalue weighted by Crippen LogP contribution is -2.34. The van der Waals surface area contributed by atoms with E-state index in [1.54, 1.807) is 25.5 Å². The van der Waals surface area contributed by atoms with Gasteiger partial charge in [0.15, 0.2) is 0 Å². The molecule has 22 heavy (non-hydrogen) atoms. The van der Waals surface area contributed by atoms with E-state index in [1.807, 2.05) is 24.3 Å². The molecular formula is C16H16N2O4. The van der Waals surface area contributed by atoms with E-state index in [0.717, 1.165) is 5.56 Å². The second-order valence-electron chi connectivity index (χ2n) is 4.83. The van der Waals surface area contributed by atoms with E-state index < -0.39 is 6.10 Å². The Kier molecular flexibility index (Phi) is 4.09. The highest BCUT2D eigenvalue weighted by Crippen LogP contribution is 2.24. The number of nitrogens with one attached hydrogen (secondary N) is 1. The first-order valence-corrected chi connectivity index (χ1v) is 6.94. The first kappa shape index (κ1) is 14.2. The summed E-state index contributed by atoms with van der Waals surface area (Å²) >= 11 is 0. The Morgan fingerprint density at radius 3 is 3.00 bits per heavy atom. The third-order valence-electron chi connectivity index (χ3n) is 3.40. The van der Waals surface area contributed by atoms with Crippen molar-refractivity contribution < 1.29 is 18.8 Å². The fraction of sp³-hybridized carbons (Fsp3) is 0.250. The molecule has 0 bridgehead atoms. The quantitative estimate of drug-likeness (QED) is 0.917. The van der Waals surface area contributed by atoms with E-state index in [-0.39, 0.29) is 5.91 Å². The third-order valence-corrected chi connectivity index (χ3v) is 3.40. The van der Waals surface area contributed by atoms with Gasteiger partial charge in [-0.1, -0.05) is 17.3 Å². The zero-order chi connectivity index (χ0) is 15.4. The lowest BCUT2D eigenvalue weighted by Gasteiger charge is -2.09. The van der Waals surface area contributed by atoms with Gasteiger partial charge in [0.2, 0.25) is 6.10 Å². The predicted octanol–water partition coefficient (Wildman–Crippen LogP) is 2.10. The average Bonchev–Trinajstić information content (AvgIpc) is 3.24. The van der Waals surface area contributed by atoms with E-state index in [1.165, 1.54) is 0 Å². The Hall–Kier alpha value is -2.76. The Labute approximate surface area is 127 Å². The van der Waals surface area contributed by atoms with Crippen molar-refractivity contribution >= 4 is 11.6 Å². The smallest absolute Gasteiger partial charge is 0.264 e. The minimum Gasteiger partial charge on any atom is -0.496 e. The van der Waals surface area contributed by atoms with Gasteiger partial charge in [-0.2, -0.15) is 0 Å². The number of hydrogen-bond acceptors (Lipinski definition) is 5. The van der Waals surface area contributed by atoms with Gasteiger partial charge in [0.1, 0.15) is 11.5 Å². The fourth-order valence-corrected chi connectivity index (χ4v) is 2.26. The molecule has 1 aromatic heterocycles. The summed E-state index contributed by atoms with van der Waals surface area (Å²) in [5.74, 6) is 1.18. The summed E-state index contributed by atoms with van der Waals surface area (Å²) in [6.45, 7) is 0.329. The number of amides is 1. The van der Waals surface area contributed by atoms with Crippen LogP contribution in [0.3, 0.4) is 0 Å². The molecule has 2 heterocycles. The Morgan fingerprint density at radius 2 is 2.23 bits per heavy atom. The van der Waals surface area contributed by atoms with Crippen molar-refractivity contribution in [2.45, 2.75) is 19.1 Å². The van der Waals surface area contributed by atoms with Crippen molar-refractivity contribution in [2.24, 2.45) is 5.16 Å². The lowest BCUT2D eigenvalue weighted by molar-refractivity contribution is -0.131. The maximum Gasteiger partial charge on any atom is 0.264 e. The first-order chi connectivity index (χ1) is 10.8. The molecule has 0 radical (unpaired) electrons. The average molecular weight is 300 g/mol. The molecule has 3 rings (SSSR count). The second-order valence-corrected chi connectivity index (χ2v) is 4.83. The minimum absolute atomic E-state index is 0.218. The van der Waals surface area contributed by atoms with Crippen LogP contribution in [0.5, 0.6) is 5.75 Å². The van der Waals surface area contributed by atoms with Crippen LogP contribution >= 0.6 is 0 Å². The predicted molar refractivity (Wildman–Crippen MR) is 79.6 cm³/mol. The van der Waals surface area contributed by atoms with Crippen molar-refractivity contribution in [3.05, 3.63) is 54.0 Å². The summed E-state index contributed by atoms with van der Waals surface area (Å²) in [5.41, 5.74) is 1.54. The number of para-hydroxylation sites is 1. The largest absolute Gasteiger partial charge is 0.496 e. The number of methoxy groups -OCH3 is 1. The van der Waals surface area contributed by atoms with Gasteiger partial charge in [-0.15, -0.1) is 0 Å². The molecule has 1 N–H and O–H groups in total. The number of ether oxygens (including phenoxy) is 1. The van der Waals surface area contributed by atoms with E-state index >= 15 is 0 Å². The SMILES string of the molecule is COc1ccccc1C1=NOC(C(=O)NCc2ccco2)C1. The number of carbonyl (C=O) groups excluding carboxylic acids is 1. The summed E-state index contributed by atoms with van der Waals surface area (Å²) in [7, 11) is 1.60. The van der Waals surface area contributed by atoms with Crippen LogP contribution in [0.4, 0.5) is 0 Å². The number of carbonyl (C=O) groups is 1. The van der Waals surface area contributed by atoms with Gasteiger partial charge in [-0.3, -0.25) is 4.79 Å². The minimum atomic E-state index is -0.630. The Bertz CT molecular complexity index is 679. The Morgan fingerprint density at radius 1 is 1.36 bits per heavy atom. The maximum absolute atomic E-state index is 12.1. The highest BCUT2D eigenvalue weighted by Gasteiger charge is 2.29. The van der Waals surface area contributed by atoms with Crippen molar-refractivity contribution in [2.75, 3.05) is 7.11 Å². The summed E-state index contributed by atoms with van der Waals surface area (Å²) in [4.78, 5) is 17.3. The molecule has 1 atom stereocenters. The van der Waals surface area contributed by atoms with Crippen LogP contribution in [0.2, 0.25) is 0 Å². The topological polar surface area (TPSA) is 73.1 Å². The molecule has 114 valence electrons. The number of nitrogens with zero attached hydrogens (tertiary/aromatic N) is 1. The highest BCUT2D eigenvalue weighted by molar-refractivity contribution is 6.05. The number of benzene rings is 1. The van der Waals surface area contributed by atoms with Gasteiger partial charge in [-0.25, -0.2) is 0 Å². The molecule has 0 fully saturated rings. The van der Waals surface area contributed by atoms with Crippen LogP contribution < -0.4 is 10.1 Å². The van der Waals surface area contributed by atoms with Crippen LogP contribution in [0.1, 0.15) is 17.7 Å². The van der Waals surface area contributed by atoms with Crippen molar-refractivity contribution in [3.63, 3.8) is 0 Å². The van der Waals surface area contributed by atoms with Gasteiger partial charge < -0.3 is 19.3 Å². The lowest BCUT2D eigenvalue weighted by atomic mass is 10.0. The van der Waals surface area contributed by atoms with Crippen LogP contribution in [-0.4, -0.2) is 24.8 Å². The molecule has 0 saturated heterocycles. The third kappa shape index (κ3) is 2.95. The Balaban J connectivity index is 1.60. The number of furan rings is 1. The summed E-state index contributed by atoms with van der Waals surface area (Å²) < 4.78 is 10.5. The van der Waals surface area contributed by atoms with Crippen LogP contribution in [0.15, 0.2) is 52.2 Å². The van der Waals surface area contributed by atoms with Crippen LogP contribution in [0.25, 0.3) is 0 Å². The molecule has 1 aliphatic rings. The molecule has 1 aliphatic heterocycles. The van der Waals surface area contributed by atoms with E-state index in [0.29, 0.717) is 30.2 Å². The first-order valence-electron chi connectivity index (χ1n) is 6.94. The number of hydrogen-bond donors (Lipinski definition) is 1. The second kappa shape index (κ2) is 6.34. The van der Waals surface area contributed by atoms with E-state index in [2.05, 4.69) is 10.5 Å². The zero-order valence-corrected chi connectivity index (χ0v) is 12.1. The number of rotatable bonds is 5. The molecule has 1 amide bonds. The molecular weight excluding hydrogens is 284 g/mol. The number of oxime groups is 1. The molecule has 6 nitrogen and oxygen atoms in total. The molecule has 0 aliphatic carbocycles. The standard InChI is InChI=1S/C16H16N2O4/c1-20-14-7-3-2-6-12(14)13-9-15(22-18-13)16(19)17-10-11-5-4-8-21-11/h2-8,15H,9-10H2,1H3,(H,17,19). The monoisotopic (exact) mass is 300 g/mol. The van der Waals surface area contributed by atoms with Gasteiger partial charge in [0.05, 0.1) is 25.6 Å². The van der Waals surface area contributed by atoms with Crippen LogP contribution in [-0.2, 0) is 16.2 Å². The van der Waals surface area contributed by atoms with Gasteiger partial charge in [0.25, 0.3) is 5.91 Å². The van der Waals surface area contributed by atoms with Crippen molar-refractivity contribution in [1.29, 1.82) is 0 Å². The van der Waals surface area contributed by atoms with E-state index in [4.69, 9.17) is 14.0 Å². The molecule has 2 aromatic rings. The molecule has 1 aromatic carbocycles. The molecule has 1 unspecified atom stereocenters. The fourth-order valence-electron chi connectivity index (χ4n) is 2.26. The van der Waals surface area contributed by atoms with Gasteiger partial charge in [-0.05, 0) is 24.3 Å². The summed E-state index contributed by atoms with van der Waals surface area (Å²) in [6, 6.07) is 11.1. The van der Waals surface area contributed by atoms with Gasteiger partial charge in [0, 0.05) is 12.0 Å². The normalized spacial score (nSPS) is 16.8. The maximum atomic E-state index is 12.1. The molecule has 0 spiro atoms. The van der Waals surface area contributed by atoms with Crippen LogP contribution in [0, 0.1) is 0 Å². The van der Waals surface area contributed by atoms with Crippen molar-refractivity contribution in [3.8, 4) is 5.75 Å². The molecule has 0 saturated carbocycles. The summed E-state index contributed by atoms with van der Waals surface area (Å²) in [6.07, 6.45) is 1.34. The molecule has 6 heteroatoms. The van der Waals surface area contributed by atoms with Crippen molar-refractivity contribution in [1.82, 2.24) is 5.32 Å². The highest BCUT2D eigenvalue weighted by atomic mass is 16.6.